The molecule has 1 aliphatic heterocycles. The number of allylic oxidation sites excluding steroid dienone is 1. The lowest BCUT2D eigenvalue weighted by Crippen LogP contribution is -2.35. The Bertz CT molecular complexity index is 1100. The predicted molar refractivity (Wildman–Crippen MR) is 102 cm³/mol. The number of hydrogen-bond acceptors (Lipinski definition) is 7. The molecule has 9 nitrogen and oxygen atoms in total. The van der Waals surface area contributed by atoms with Gasteiger partial charge in [-0.25, -0.2) is 9.59 Å². The molecule has 0 aliphatic carbocycles. The van der Waals surface area contributed by atoms with Gasteiger partial charge in [-0.3, -0.25) is 14.8 Å². The van der Waals surface area contributed by atoms with Crippen LogP contribution in [0.2, 0.25) is 0 Å². The van der Waals surface area contributed by atoms with Crippen molar-refractivity contribution in [2.45, 2.75) is 12.8 Å². The minimum Gasteiger partial charge on any atom is -0.504 e. The third-order valence-corrected chi connectivity index (χ3v) is 4.36. The van der Waals surface area contributed by atoms with E-state index in [0.29, 0.717) is 11.3 Å². The lowest BCUT2D eigenvalue weighted by Gasteiger charge is -2.28. The molecular weight excluding hydrogens is 366 g/mol. The molecule has 3 rings (SSSR count). The van der Waals surface area contributed by atoms with Crippen molar-refractivity contribution in [1.82, 2.24) is 9.97 Å². The van der Waals surface area contributed by atoms with Crippen LogP contribution in [0.3, 0.4) is 0 Å². The highest BCUT2D eigenvalue weighted by Crippen LogP contribution is 2.41. The molecule has 0 unspecified atom stereocenters. The van der Waals surface area contributed by atoms with Gasteiger partial charge in [0.15, 0.2) is 11.5 Å². The number of carbonyl (C=O) groups is 1. The summed E-state index contributed by atoms with van der Waals surface area (Å²) in [4.78, 5) is 41.7. The van der Waals surface area contributed by atoms with Crippen LogP contribution in [-0.2, 0) is 9.53 Å². The van der Waals surface area contributed by atoms with Gasteiger partial charge in [0.05, 0.1) is 24.2 Å². The molecular formula is C19H19N3O6. The number of hydrogen-bond donors (Lipinski definition) is 4. The first-order valence-corrected chi connectivity index (χ1v) is 8.36. The molecule has 0 saturated heterocycles. The van der Waals surface area contributed by atoms with Crippen molar-refractivity contribution in [2.24, 2.45) is 0 Å². The van der Waals surface area contributed by atoms with E-state index in [1.807, 2.05) is 0 Å². The number of aromatic amines is 2. The number of aromatic nitrogens is 2. The maximum atomic E-state index is 12.7. The molecule has 28 heavy (non-hydrogen) atoms. The number of nitrogens with one attached hydrogen (secondary N) is 3. The summed E-state index contributed by atoms with van der Waals surface area (Å²) in [6.45, 7) is 5.15. The summed E-state index contributed by atoms with van der Waals surface area (Å²) in [5.74, 6) is -1.23. The molecule has 4 N–H and O–H groups in total. The smallest absolute Gasteiger partial charge is 0.337 e. The number of rotatable bonds is 5. The van der Waals surface area contributed by atoms with Crippen LogP contribution in [0.25, 0.3) is 0 Å². The van der Waals surface area contributed by atoms with Crippen molar-refractivity contribution >= 4 is 11.8 Å². The Morgan fingerprint density at radius 1 is 1.32 bits per heavy atom. The lowest BCUT2D eigenvalue weighted by molar-refractivity contribution is -0.138. The monoisotopic (exact) mass is 385 g/mol. The standard InChI is InChI=1S/C19H19N3O6/c1-4-7-28-18(25)13-9(2)20-16-15(17(24)22-19(26)21-16)14(13)10-5-6-11(23)12(8-10)27-3/h4-6,8,14,23H,1,7H2,2-3H3,(H3,20,21,22,24,26)/t14-/m1/s1. The number of esters is 1. The largest absolute Gasteiger partial charge is 0.504 e. The minimum absolute atomic E-state index is 0.00390. The Morgan fingerprint density at radius 2 is 2.07 bits per heavy atom. The molecule has 1 aromatic carbocycles. The predicted octanol–water partition coefficient (Wildman–Crippen LogP) is 1.34. The normalized spacial score (nSPS) is 15.4. The van der Waals surface area contributed by atoms with Gasteiger partial charge in [-0.05, 0) is 24.6 Å². The van der Waals surface area contributed by atoms with Crippen molar-refractivity contribution in [3.8, 4) is 11.5 Å². The molecule has 9 heteroatoms. The summed E-state index contributed by atoms with van der Waals surface area (Å²) < 4.78 is 10.3. The minimum atomic E-state index is -0.858. The van der Waals surface area contributed by atoms with Crippen LogP contribution in [0, 0.1) is 0 Å². The molecule has 2 heterocycles. The van der Waals surface area contributed by atoms with E-state index in [1.165, 1.54) is 25.3 Å². The molecule has 1 aliphatic rings. The first-order valence-electron chi connectivity index (χ1n) is 8.36. The zero-order valence-corrected chi connectivity index (χ0v) is 15.3. The third kappa shape index (κ3) is 3.29. The molecule has 0 saturated carbocycles. The number of phenolic OH excluding ortho intramolecular Hbond substituents is 1. The second kappa shape index (κ2) is 7.47. The second-order valence-corrected chi connectivity index (χ2v) is 6.11. The summed E-state index contributed by atoms with van der Waals surface area (Å²) in [6.07, 6.45) is 1.43. The van der Waals surface area contributed by atoms with Gasteiger partial charge in [0.2, 0.25) is 0 Å². The highest BCUT2D eigenvalue weighted by atomic mass is 16.5. The van der Waals surface area contributed by atoms with Crippen LogP contribution < -0.4 is 21.3 Å². The quantitative estimate of drug-likeness (QED) is 0.451. The van der Waals surface area contributed by atoms with Gasteiger partial charge in [0.1, 0.15) is 12.4 Å². The van der Waals surface area contributed by atoms with E-state index >= 15 is 0 Å². The summed E-state index contributed by atoms with van der Waals surface area (Å²) in [7, 11) is 1.39. The number of carbonyl (C=O) groups excluding carboxylic acids is 1. The fourth-order valence-electron chi connectivity index (χ4n) is 3.18. The summed E-state index contributed by atoms with van der Waals surface area (Å²) >= 11 is 0. The van der Waals surface area contributed by atoms with E-state index in [0.717, 1.165) is 0 Å². The molecule has 2 aromatic rings. The number of anilines is 1. The Morgan fingerprint density at radius 3 is 2.75 bits per heavy atom. The van der Waals surface area contributed by atoms with Crippen LogP contribution in [0.1, 0.15) is 24.0 Å². The van der Waals surface area contributed by atoms with Crippen LogP contribution >= 0.6 is 0 Å². The zero-order valence-electron chi connectivity index (χ0n) is 15.3. The average Bonchev–Trinajstić information content (AvgIpc) is 2.65. The third-order valence-electron chi connectivity index (χ3n) is 4.36. The van der Waals surface area contributed by atoms with Gasteiger partial charge in [-0.15, -0.1) is 0 Å². The van der Waals surface area contributed by atoms with Crippen molar-refractivity contribution in [1.29, 1.82) is 0 Å². The van der Waals surface area contributed by atoms with Crippen LogP contribution in [0.15, 0.2) is 51.7 Å². The van der Waals surface area contributed by atoms with E-state index in [2.05, 4.69) is 21.9 Å². The molecule has 1 aromatic heterocycles. The van der Waals surface area contributed by atoms with Crippen molar-refractivity contribution in [3.05, 3.63) is 74.1 Å². The van der Waals surface area contributed by atoms with Gasteiger partial charge >= 0.3 is 11.7 Å². The van der Waals surface area contributed by atoms with Gasteiger partial charge in [0.25, 0.3) is 5.56 Å². The Balaban J connectivity index is 2.27. The number of H-pyrrole nitrogens is 2. The fourth-order valence-corrected chi connectivity index (χ4v) is 3.18. The van der Waals surface area contributed by atoms with Crippen molar-refractivity contribution < 1.29 is 19.4 Å². The molecule has 0 bridgehead atoms. The first kappa shape index (κ1) is 19.0. The SMILES string of the molecule is C=CCOC(=O)C1=C(C)Nc2[nH]c(=O)[nH]c(=O)c2[C@@H]1c1ccc(O)c(OC)c1. The van der Waals surface area contributed by atoms with Crippen LogP contribution in [0.5, 0.6) is 11.5 Å². The first-order chi connectivity index (χ1) is 13.4. The number of phenols is 1. The average molecular weight is 385 g/mol. The number of methoxy groups -OCH3 is 1. The Hall–Kier alpha value is -3.75. The van der Waals surface area contributed by atoms with E-state index in [1.54, 1.807) is 13.0 Å². The van der Waals surface area contributed by atoms with Gasteiger partial charge in [-0.2, -0.15) is 0 Å². The summed E-state index contributed by atoms with van der Waals surface area (Å²) in [5.41, 5.74) is -0.0728. The van der Waals surface area contributed by atoms with Crippen LogP contribution in [0.4, 0.5) is 5.82 Å². The van der Waals surface area contributed by atoms with E-state index in [4.69, 9.17) is 9.47 Å². The molecule has 0 spiro atoms. The number of ether oxygens (including phenoxy) is 2. The van der Waals surface area contributed by atoms with Crippen LogP contribution in [-0.4, -0.2) is 34.8 Å². The number of benzene rings is 1. The van der Waals surface area contributed by atoms with Gasteiger partial charge < -0.3 is 19.9 Å². The molecule has 0 fully saturated rings. The fraction of sp³-hybridized carbons (Fsp3) is 0.211. The summed E-state index contributed by atoms with van der Waals surface area (Å²) in [5, 5.41) is 12.8. The molecule has 146 valence electrons. The van der Waals surface area contributed by atoms with E-state index < -0.39 is 23.1 Å². The van der Waals surface area contributed by atoms with E-state index in [9.17, 15) is 19.5 Å². The molecule has 0 radical (unpaired) electrons. The molecule has 1 atom stereocenters. The van der Waals surface area contributed by atoms with Gasteiger partial charge in [0, 0.05) is 5.70 Å². The Labute approximate surface area is 159 Å². The maximum absolute atomic E-state index is 12.7. The van der Waals surface area contributed by atoms with Crippen molar-refractivity contribution in [2.75, 3.05) is 19.0 Å². The maximum Gasteiger partial charge on any atom is 0.337 e. The topological polar surface area (TPSA) is 134 Å². The highest BCUT2D eigenvalue weighted by Gasteiger charge is 2.36. The van der Waals surface area contributed by atoms with E-state index in [-0.39, 0.29) is 35.1 Å². The summed E-state index contributed by atoms with van der Waals surface area (Å²) in [6, 6.07) is 4.49. The second-order valence-electron chi connectivity index (χ2n) is 6.11. The van der Waals surface area contributed by atoms with Crippen molar-refractivity contribution in [3.63, 3.8) is 0 Å². The zero-order chi connectivity index (χ0) is 20.4. The number of fused-ring (bicyclic) bond motifs is 1. The Kier molecular flexibility index (Phi) is 5.08. The lowest BCUT2D eigenvalue weighted by atomic mass is 9.82. The highest BCUT2D eigenvalue weighted by molar-refractivity contribution is 5.94. The number of aromatic hydroxyl groups is 1. The molecule has 0 amide bonds. The van der Waals surface area contributed by atoms with Gasteiger partial charge in [-0.1, -0.05) is 18.7 Å².